The summed E-state index contributed by atoms with van der Waals surface area (Å²) in [4.78, 5) is 24.0. The molecule has 0 unspecified atom stereocenters. The zero-order valence-corrected chi connectivity index (χ0v) is 16.3. The Morgan fingerprint density at radius 1 is 1.03 bits per heavy atom. The number of rotatable bonds is 4. The Morgan fingerprint density at radius 2 is 1.87 bits per heavy atom. The van der Waals surface area contributed by atoms with Gasteiger partial charge in [0.05, 0.1) is 17.6 Å². The third-order valence-corrected chi connectivity index (χ3v) is 4.38. The number of carbonyl (C=O) groups is 1. The maximum atomic E-state index is 13.6. The Labute approximate surface area is 178 Å². The lowest BCUT2D eigenvalue weighted by molar-refractivity contribution is -0.142. The molecule has 31 heavy (non-hydrogen) atoms. The predicted octanol–water partition coefficient (Wildman–Crippen LogP) is 4.65. The lowest BCUT2D eigenvalue weighted by Gasteiger charge is -2.10. The summed E-state index contributed by atoms with van der Waals surface area (Å²) < 4.78 is 41.4. The topological polar surface area (TPSA) is 85.6 Å². The summed E-state index contributed by atoms with van der Waals surface area (Å²) >= 11 is 5.77. The maximum Gasteiger partial charge on any atom is 0.433 e. The molecule has 7 nitrogen and oxygen atoms in total. The van der Waals surface area contributed by atoms with E-state index in [-0.39, 0.29) is 27.9 Å². The van der Waals surface area contributed by atoms with Gasteiger partial charge in [0.15, 0.2) is 11.5 Å². The van der Waals surface area contributed by atoms with E-state index in [2.05, 4.69) is 25.4 Å². The van der Waals surface area contributed by atoms with Gasteiger partial charge in [0.2, 0.25) is 0 Å². The summed E-state index contributed by atoms with van der Waals surface area (Å²) in [7, 11) is 0. The SMILES string of the molecule is O=C(Nc1ccc(-n2nc(-c3cccnc3)cc2C(F)(F)F)nc1)c1ccnc(Cl)c1. The van der Waals surface area contributed by atoms with Crippen LogP contribution in [-0.2, 0) is 6.18 Å². The molecule has 0 atom stereocenters. The number of pyridine rings is 3. The molecule has 1 N–H and O–H groups in total. The first-order chi connectivity index (χ1) is 14.8. The average molecular weight is 445 g/mol. The van der Waals surface area contributed by atoms with E-state index < -0.39 is 17.8 Å². The molecule has 4 aromatic rings. The third-order valence-electron chi connectivity index (χ3n) is 4.17. The molecule has 1 amide bonds. The number of nitrogens with one attached hydrogen (secondary N) is 1. The summed E-state index contributed by atoms with van der Waals surface area (Å²) in [5.41, 5.74) is 0.120. The number of halogens is 4. The van der Waals surface area contributed by atoms with Gasteiger partial charge >= 0.3 is 6.18 Å². The molecule has 0 bridgehead atoms. The third kappa shape index (κ3) is 4.53. The molecule has 4 heterocycles. The van der Waals surface area contributed by atoms with Gasteiger partial charge in [-0.1, -0.05) is 11.6 Å². The van der Waals surface area contributed by atoms with Crippen LogP contribution in [0.3, 0.4) is 0 Å². The molecule has 0 aliphatic rings. The summed E-state index contributed by atoms with van der Waals surface area (Å²) in [6.45, 7) is 0. The van der Waals surface area contributed by atoms with E-state index >= 15 is 0 Å². The minimum absolute atomic E-state index is 0.0626. The first-order valence-corrected chi connectivity index (χ1v) is 9.16. The number of carbonyl (C=O) groups excluding carboxylic acids is 1. The minimum atomic E-state index is -4.65. The highest BCUT2D eigenvalue weighted by Crippen LogP contribution is 2.33. The molecule has 0 fully saturated rings. The fraction of sp³-hybridized carbons (Fsp3) is 0.0500. The van der Waals surface area contributed by atoms with E-state index in [9.17, 15) is 18.0 Å². The number of aromatic nitrogens is 5. The van der Waals surface area contributed by atoms with Gasteiger partial charge in [-0.25, -0.2) is 14.6 Å². The lowest BCUT2D eigenvalue weighted by atomic mass is 10.2. The zero-order chi connectivity index (χ0) is 22.0. The Morgan fingerprint density at radius 3 is 2.52 bits per heavy atom. The van der Waals surface area contributed by atoms with E-state index in [1.807, 2.05) is 0 Å². The van der Waals surface area contributed by atoms with E-state index in [1.54, 1.807) is 12.1 Å². The second-order valence-electron chi connectivity index (χ2n) is 6.29. The molecule has 0 saturated carbocycles. The van der Waals surface area contributed by atoms with Crippen molar-refractivity contribution < 1.29 is 18.0 Å². The fourth-order valence-electron chi connectivity index (χ4n) is 2.75. The zero-order valence-electron chi connectivity index (χ0n) is 15.5. The average Bonchev–Trinajstić information content (AvgIpc) is 3.21. The Hall–Kier alpha value is -3.79. The van der Waals surface area contributed by atoms with Crippen LogP contribution >= 0.6 is 11.6 Å². The smallest absolute Gasteiger partial charge is 0.321 e. The van der Waals surface area contributed by atoms with Gasteiger partial charge < -0.3 is 5.32 Å². The summed E-state index contributed by atoms with van der Waals surface area (Å²) in [6.07, 6.45) is 0.906. The van der Waals surface area contributed by atoms with Gasteiger partial charge in [-0.15, -0.1) is 0 Å². The summed E-state index contributed by atoms with van der Waals surface area (Å²) in [5.74, 6) is -0.528. The molecule has 0 aliphatic carbocycles. The van der Waals surface area contributed by atoms with Crippen molar-refractivity contribution in [2.75, 3.05) is 5.32 Å². The van der Waals surface area contributed by atoms with Crippen LogP contribution in [0.5, 0.6) is 0 Å². The molecular formula is C20H12ClF3N6O. The largest absolute Gasteiger partial charge is 0.433 e. The van der Waals surface area contributed by atoms with Crippen molar-refractivity contribution in [2.45, 2.75) is 6.18 Å². The van der Waals surface area contributed by atoms with Crippen molar-refractivity contribution in [3.63, 3.8) is 0 Å². The summed E-state index contributed by atoms with van der Waals surface area (Å²) in [6, 6.07) is 9.76. The number of amides is 1. The van der Waals surface area contributed by atoms with Crippen molar-refractivity contribution in [3.8, 4) is 17.1 Å². The normalized spacial score (nSPS) is 11.4. The molecule has 0 spiro atoms. The Bertz CT molecular complexity index is 1230. The molecular weight excluding hydrogens is 433 g/mol. The molecule has 0 aromatic carbocycles. The first kappa shape index (κ1) is 20.5. The van der Waals surface area contributed by atoms with Gasteiger partial charge in [0, 0.05) is 29.7 Å². The lowest BCUT2D eigenvalue weighted by Crippen LogP contribution is -2.15. The van der Waals surface area contributed by atoms with Crippen LogP contribution in [0.2, 0.25) is 5.15 Å². The highest BCUT2D eigenvalue weighted by molar-refractivity contribution is 6.29. The van der Waals surface area contributed by atoms with Crippen molar-refractivity contribution in [2.24, 2.45) is 0 Å². The monoisotopic (exact) mass is 444 g/mol. The van der Waals surface area contributed by atoms with Crippen molar-refractivity contribution in [1.82, 2.24) is 24.7 Å². The van der Waals surface area contributed by atoms with Crippen LogP contribution in [0.4, 0.5) is 18.9 Å². The number of anilines is 1. The number of nitrogens with zero attached hydrogens (tertiary/aromatic N) is 5. The van der Waals surface area contributed by atoms with Gasteiger partial charge in [-0.2, -0.15) is 18.3 Å². The summed E-state index contributed by atoms with van der Waals surface area (Å²) in [5, 5.41) is 6.80. The molecule has 0 saturated heterocycles. The predicted molar refractivity (Wildman–Crippen MR) is 107 cm³/mol. The van der Waals surface area contributed by atoms with E-state index in [0.29, 0.717) is 10.2 Å². The maximum absolute atomic E-state index is 13.6. The van der Waals surface area contributed by atoms with Crippen LogP contribution in [0.15, 0.2) is 67.3 Å². The van der Waals surface area contributed by atoms with Crippen LogP contribution in [-0.4, -0.2) is 30.6 Å². The van der Waals surface area contributed by atoms with Gasteiger partial charge in [-0.05, 0) is 42.5 Å². The number of hydrogen-bond acceptors (Lipinski definition) is 5. The minimum Gasteiger partial charge on any atom is -0.321 e. The molecule has 11 heteroatoms. The van der Waals surface area contributed by atoms with E-state index in [1.165, 1.54) is 49.1 Å². The molecule has 156 valence electrons. The van der Waals surface area contributed by atoms with Crippen molar-refractivity contribution in [1.29, 1.82) is 0 Å². The standard InChI is InChI=1S/C20H12ClF3N6O/c21-17-8-12(5-7-26-17)19(31)28-14-3-4-18(27-11-14)30-16(20(22,23)24)9-15(29-30)13-2-1-6-25-10-13/h1-11H,(H,28,31). The van der Waals surface area contributed by atoms with E-state index in [4.69, 9.17) is 11.6 Å². The van der Waals surface area contributed by atoms with Crippen molar-refractivity contribution >= 4 is 23.2 Å². The van der Waals surface area contributed by atoms with Crippen LogP contribution in [0.25, 0.3) is 17.1 Å². The van der Waals surface area contributed by atoms with Crippen LogP contribution < -0.4 is 5.32 Å². The number of hydrogen-bond donors (Lipinski definition) is 1. The highest BCUT2D eigenvalue weighted by Gasteiger charge is 2.36. The van der Waals surface area contributed by atoms with Crippen molar-refractivity contribution in [3.05, 3.63) is 83.7 Å². The highest BCUT2D eigenvalue weighted by atomic mass is 35.5. The Kier molecular flexibility index (Phi) is 5.38. The molecule has 0 aliphatic heterocycles. The number of alkyl halides is 3. The fourth-order valence-corrected chi connectivity index (χ4v) is 2.92. The Balaban J connectivity index is 1.63. The van der Waals surface area contributed by atoms with Gasteiger partial charge in [-0.3, -0.25) is 9.78 Å². The van der Waals surface area contributed by atoms with Crippen LogP contribution in [0.1, 0.15) is 16.1 Å². The second kappa shape index (κ2) is 8.15. The molecule has 4 rings (SSSR count). The first-order valence-electron chi connectivity index (χ1n) is 8.78. The molecule has 0 radical (unpaired) electrons. The quantitative estimate of drug-likeness (QED) is 0.463. The van der Waals surface area contributed by atoms with Gasteiger partial charge in [0.25, 0.3) is 5.91 Å². The molecule has 4 aromatic heterocycles. The van der Waals surface area contributed by atoms with Gasteiger partial charge in [0.1, 0.15) is 5.15 Å². The van der Waals surface area contributed by atoms with Crippen LogP contribution in [0, 0.1) is 0 Å². The van der Waals surface area contributed by atoms with E-state index in [0.717, 1.165) is 6.07 Å². The second-order valence-corrected chi connectivity index (χ2v) is 6.68.